The number of likely N-dealkylation sites (tertiary alicyclic amines) is 1. The van der Waals surface area contributed by atoms with Crippen molar-refractivity contribution >= 4 is 34.9 Å². The quantitative estimate of drug-likeness (QED) is 0.847. The molecule has 21 heavy (non-hydrogen) atoms. The Bertz CT molecular complexity index is 505. The second kappa shape index (κ2) is 6.71. The van der Waals surface area contributed by atoms with Crippen LogP contribution in [0, 0.1) is 6.92 Å². The molecule has 1 aliphatic heterocycles. The molecule has 0 spiro atoms. The standard InChI is InChI=1S/C14H20Cl2N4O/c1-9-8-11(15)18-13(16)12(9)17-10-4-6-20(7-5-10)14(21)19(2)3/h8,10,17H,4-7H2,1-3H3. The van der Waals surface area contributed by atoms with Gasteiger partial charge in [0.2, 0.25) is 0 Å². The average Bonchev–Trinajstić information content (AvgIpc) is 2.42. The molecule has 5 nitrogen and oxygen atoms in total. The zero-order valence-corrected chi connectivity index (χ0v) is 14.0. The Morgan fingerprint density at radius 3 is 2.52 bits per heavy atom. The highest BCUT2D eigenvalue weighted by Crippen LogP contribution is 2.28. The predicted molar refractivity (Wildman–Crippen MR) is 86.3 cm³/mol. The molecule has 1 aliphatic rings. The maximum absolute atomic E-state index is 11.9. The molecule has 0 unspecified atom stereocenters. The highest BCUT2D eigenvalue weighted by molar-refractivity contribution is 6.34. The number of amides is 2. The lowest BCUT2D eigenvalue weighted by molar-refractivity contribution is 0.158. The van der Waals surface area contributed by atoms with Gasteiger partial charge in [-0.25, -0.2) is 9.78 Å². The van der Waals surface area contributed by atoms with Crippen LogP contribution in [0.4, 0.5) is 10.5 Å². The van der Waals surface area contributed by atoms with E-state index >= 15 is 0 Å². The third kappa shape index (κ3) is 3.92. The summed E-state index contributed by atoms with van der Waals surface area (Å²) in [6, 6.07) is 2.15. The number of aryl methyl sites for hydroxylation is 1. The molecule has 1 saturated heterocycles. The number of urea groups is 1. The van der Waals surface area contributed by atoms with Gasteiger partial charge in [-0.3, -0.25) is 0 Å². The van der Waals surface area contributed by atoms with Crippen LogP contribution in [-0.4, -0.2) is 54.0 Å². The van der Waals surface area contributed by atoms with Gasteiger partial charge in [0.1, 0.15) is 5.15 Å². The first-order valence-electron chi connectivity index (χ1n) is 6.94. The summed E-state index contributed by atoms with van der Waals surface area (Å²) in [6.45, 7) is 3.44. The zero-order chi connectivity index (χ0) is 15.6. The van der Waals surface area contributed by atoms with Crippen molar-refractivity contribution in [1.29, 1.82) is 0 Å². The molecular weight excluding hydrogens is 311 g/mol. The summed E-state index contributed by atoms with van der Waals surface area (Å²) in [4.78, 5) is 19.4. The Kier molecular flexibility index (Phi) is 5.17. The SMILES string of the molecule is Cc1cc(Cl)nc(Cl)c1NC1CCN(C(=O)N(C)C)CC1. The second-order valence-electron chi connectivity index (χ2n) is 5.51. The van der Waals surface area contributed by atoms with Crippen LogP contribution < -0.4 is 5.32 Å². The molecule has 0 radical (unpaired) electrons. The van der Waals surface area contributed by atoms with Crippen LogP contribution in [0.25, 0.3) is 0 Å². The van der Waals surface area contributed by atoms with Gasteiger partial charge in [0.15, 0.2) is 5.15 Å². The third-order valence-corrected chi connectivity index (χ3v) is 4.10. The smallest absolute Gasteiger partial charge is 0.319 e. The van der Waals surface area contributed by atoms with E-state index in [2.05, 4.69) is 10.3 Å². The number of halogens is 2. The van der Waals surface area contributed by atoms with Gasteiger partial charge in [0, 0.05) is 33.2 Å². The molecule has 2 amide bonds. The van der Waals surface area contributed by atoms with Crippen LogP contribution in [0.1, 0.15) is 18.4 Å². The van der Waals surface area contributed by atoms with Crippen LogP contribution in [-0.2, 0) is 0 Å². The minimum Gasteiger partial charge on any atom is -0.379 e. The van der Waals surface area contributed by atoms with Crippen molar-refractivity contribution in [2.75, 3.05) is 32.5 Å². The van der Waals surface area contributed by atoms with Crippen LogP contribution >= 0.6 is 23.2 Å². The van der Waals surface area contributed by atoms with E-state index in [1.165, 1.54) is 0 Å². The Morgan fingerprint density at radius 1 is 1.38 bits per heavy atom. The fourth-order valence-electron chi connectivity index (χ4n) is 2.47. The van der Waals surface area contributed by atoms with Crippen LogP contribution in [0.5, 0.6) is 0 Å². The number of carbonyl (C=O) groups is 1. The lowest BCUT2D eigenvalue weighted by atomic mass is 10.0. The van der Waals surface area contributed by atoms with Gasteiger partial charge in [0.25, 0.3) is 0 Å². The van der Waals surface area contributed by atoms with Gasteiger partial charge in [0.05, 0.1) is 5.69 Å². The fourth-order valence-corrected chi connectivity index (χ4v) is 3.06. The number of carbonyl (C=O) groups excluding carboxylic acids is 1. The van der Waals surface area contributed by atoms with Crippen molar-refractivity contribution in [3.8, 4) is 0 Å². The van der Waals surface area contributed by atoms with Crippen molar-refractivity contribution in [1.82, 2.24) is 14.8 Å². The highest BCUT2D eigenvalue weighted by atomic mass is 35.5. The van der Waals surface area contributed by atoms with Crippen molar-refractivity contribution < 1.29 is 4.79 Å². The first-order chi connectivity index (χ1) is 9.88. The Labute approximate surface area is 135 Å². The van der Waals surface area contributed by atoms with Crippen molar-refractivity contribution in [3.63, 3.8) is 0 Å². The van der Waals surface area contributed by atoms with Gasteiger partial charge in [-0.15, -0.1) is 0 Å². The maximum atomic E-state index is 11.9. The molecule has 0 bridgehead atoms. The summed E-state index contributed by atoms with van der Waals surface area (Å²) >= 11 is 12.0. The number of nitrogens with one attached hydrogen (secondary N) is 1. The normalized spacial score (nSPS) is 16.0. The maximum Gasteiger partial charge on any atom is 0.319 e. The molecule has 0 aromatic carbocycles. The van der Waals surface area contributed by atoms with E-state index in [0.717, 1.165) is 37.2 Å². The summed E-state index contributed by atoms with van der Waals surface area (Å²) in [6.07, 6.45) is 1.77. The van der Waals surface area contributed by atoms with E-state index in [0.29, 0.717) is 10.3 Å². The summed E-state index contributed by atoms with van der Waals surface area (Å²) in [5.41, 5.74) is 1.81. The second-order valence-corrected chi connectivity index (χ2v) is 6.26. The van der Waals surface area contributed by atoms with Crippen molar-refractivity contribution in [2.24, 2.45) is 0 Å². The summed E-state index contributed by atoms with van der Waals surface area (Å²) < 4.78 is 0. The summed E-state index contributed by atoms with van der Waals surface area (Å²) in [7, 11) is 3.55. The predicted octanol–water partition coefficient (Wildman–Crippen LogP) is 3.25. The fraction of sp³-hybridized carbons (Fsp3) is 0.571. The Balaban J connectivity index is 1.97. The molecule has 116 valence electrons. The van der Waals surface area contributed by atoms with E-state index in [4.69, 9.17) is 23.2 Å². The molecule has 1 aromatic heterocycles. The van der Waals surface area contributed by atoms with Crippen LogP contribution in [0.2, 0.25) is 10.3 Å². The molecule has 1 fully saturated rings. The number of hydrogen-bond donors (Lipinski definition) is 1. The first-order valence-corrected chi connectivity index (χ1v) is 7.69. The molecule has 0 saturated carbocycles. The van der Waals surface area contributed by atoms with Gasteiger partial charge in [-0.1, -0.05) is 23.2 Å². The van der Waals surface area contributed by atoms with Crippen LogP contribution in [0.15, 0.2) is 6.07 Å². The van der Waals surface area contributed by atoms with Gasteiger partial charge >= 0.3 is 6.03 Å². The van der Waals surface area contributed by atoms with E-state index in [1.54, 1.807) is 25.1 Å². The highest BCUT2D eigenvalue weighted by Gasteiger charge is 2.24. The molecule has 7 heteroatoms. The average molecular weight is 331 g/mol. The van der Waals surface area contributed by atoms with Gasteiger partial charge in [-0.05, 0) is 31.4 Å². The zero-order valence-electron chi connectivity index (χ0n) is 12.5. The third-order valence-electron chi connectivity index (χ3n) is 3.64. The Morgan fingerprint density at radius 2 is 2.00 bits per heavy atom. The first kappa shape index (κ1) is 16.2. The molecule has 0 atom stereocenters. The largest absolute Gasteiger partial charge is 0.379 e. The molecule has 2 heterocycles. The minimum absolute atomic E-state index is 0.0656. The van der Waals surface area contributed by atoms with Crippen molar-refractivity contribution in [3.05, 3.63) is 21.9 Å². The molecule has 0 aliphatic carbocycles. The van der Waals surface area contributed by atoms with Crippen LogP contribution in [0.3, 0.4) is 0 Å². The van der Waals surface area contributed by atoms with Gasteiger partial charge in [-0.2, -0.15) is 0 Å². The van der Waals surface area contributed by atoms with Crippen molar-refractivity contribution in [2.45, 2.75) is 25.8 Å². The molecule has 1 aromatic rings. The molecule has 1 N–H and O–H groups in total. The topological polar surface area (TPSA) is 48.5 Å². The number of hydrogen-bond acceptors (Lipinski definition) is 3. The van der Waals surface area contributed by atoms with Gasteiger partial charge < -0.3 is 15.1 Å². The monoisotopic (exact) mass is 330 g/mol. The number of rotatable bonds is 2. The van der Waals surface area contributed by atoms with E-state index in [1.807, 2.05) is 11.8 Å². The Hall–Kier alpha value is -1.20. The minimum atomic E-state index is 0.0656. The van der Waals surface area contributed by atoms with E-state index in [-0.39, 0.29) is 12.1 Å². The molecular formula is C14H20Cl2N4O. The number of piperidine rings is 1. The number of nitrogens with zero attached hydrogens (tertiary/aromatic N) is 3. The lowest BCUT2D eigenvalue weighted by Gasteiger charge is -2.34. The van der Waals surface area contributed by atoms with E-state index in [9.17, 15) is 4.79 Å². The lowest BCUT2D eigenvalue weighted by Crippen LogP contribution is -2.46. The number of anilines is 1. The van der Waals surface area contributed by atoms with E-state index < -0.39 is 0 Å². The summed E-state index contributed by atoms with van der Waals surface area (Å²) in [5, 5.41) is 4.22. The summed E-state index contributed by atoms with van der Waals surface area (Å²) in [5.74, 6) is 0. The number of aromatic nitrogens is 1. The molecule has 2 rings (SSSR count). The number of pyridine rings is 1.